The van der Waals surface area contributed by atoms with Crippen LogP contribution < -0.4 is 15.4 Å². The summed E-state index contributed by atoms with van der Waals surface area (Å²) in [5, 5.41) is 6.93. The number of rotatable bonds is 5. The standard InChI is InChI=1S/C22H25ClN4O3/c1-29-11-9-25-21(28)13-16-14-27(10-8-24-16)22-17-4-2-3-5-19(17)30-20-7-6-15(23)12-18(20)26-22/h2-7,12,16,24H,8-11,13-14H2,1H3,(H,25,28). The van der Waals surface area contributed by atoms with Crippen LogP contribution in [0.5, 0.6) is 11.5 Å². The van der Waals surface area contributed by atoms with E-state index in [9.17, 15) is 4.79 Å². The first-order valence-electron chi connectivity index (χ1n) is 10.0. The summed E-state index contributed by atoms with van der Waals surface area (Å²) >= 11 is 6.21. The number of amides is 1. The Labute approximate surface area is 181 Å². The van der Waals surface area contributed by atoms with Crippen LogP contribution in [0.4, 0.5) is 5.69 Å². The van der Waals surface area contributed by atoms with Crippen molar-refractivity contribution in [2.45, 2.75) is 12.5 Å². The Hall–Kier alpha value is -2.61. The molecule has 2 aliphatic rings. The molecule has 7 nitrogen and oxygen atoms in total. The first-order chi connectivity index (χ1) is 14.6. The molecule has 30 heavy (non-hydrogen) atoms. The van der Waals surface area contributed by atoms with E-state index in [1.165, 1.54) is 0 Å². The Morgan fingerprint density at radius 1 is 1.33 bits per heavy atom. The summed E-state index contributed by atoms with van der Waals surface area (Å²) in [6.45, 7) is 3.23. The van der Waals surface area contributed by atoms with Crippen molar-refractivity contribution in [3.05, 3.63) is 53.1 Å². The maximum atomic E-state index is 12.2. The van der Waals surface area contributed by atoms with Crippen LogP contribution in [0.25, 0.3) is 0 Å². The number of methoxy groups -OCH3 is 1. The summed E-state index contributed by atoms with van der Waals surface area (Å²) in [6, 6.07) is 13.3. The third kappa shape index (κ3) is 4.75. The lowest BCUT2D eigenvalue weighted by atomic mass is 10.1. The number of aliphatic imine (C=N–C) groups is 1. The van der Waals surface area contributed by atoms with Gasteiger partial charge in [0.2, 0.25) is 5.91 Å². The Kier molecular flexibility index (Phi) is 6.52. The number of ether oxygens (including phenoxy) is 2. The topological polar surface area (TPSA) is 75.2 Å². The minimum absolute atomic E-state index is 0.00932. The van der Waals surface area contributed by atoms with Gasteiger partial charge in [-0.1, -0.05) is 23.7 Å². The van der Waals surface area contributed by atoms with E-state index in [2.05, 4.69) is 15.5 Å². The molecular formula is C22H25ClN4O3. The second-order valence-electron chi connectivity index (χ2n) is 7.29. The molecule has 2 heterocycles. The molecule has 0 bridgehead atoms. The lowest BCUT2D eigenvalue weighted by Crippen LogP contribution is -2.54. The predicted octanol–water partition coefficient (Wildman–Crippen LogP) is 2.95. The van der Waals surface area contributed by atoms with Crippen LogP contribution >= 0.6 is 11.6 Å². The molecule has 0 radical (unpaired) electrons. The largest absolute Gasteiger partial charge is 0.454 e. The van der Waals surface area contributed by atoms with Crippen LogP contribution in [0.15, 0.2) is 47.5 Å². The third-order valence-electron chi connectivity index (χ3n) is 5.11. The Morgan fingerprint density at radius 3 is 3.07 bits per heavy atom. The highest BCUT2D eigenvalue weighted by Gasteiger charge is 2.28. The Balaban J connectivity index is 1.57. The summed E-state index contributed by atoms with van der Waals surface area (Å²) < 4.78 is 11.1. The van der Waals surface area contributed by atoms with Gasteiger partial charge in [-0.2, -0.15) is 0 Å². The molecule has 1 unspecified atom stereocenters. The van der Waals surface area contributed by atoms with Crippen LogP contribution in [0.2, 0.25) is 5.02 Å². The van der Waals surface area contributed by atoms with E-state index in [0.29, 0.717) is 42.6 Å². The van der Waals surface area contributed by atoms with Crippen molar-refractivity contribution in [1.82, 2.24) is 15.5 Å². The molecule has 2 aromatic rings. The molecule has 1 amide bonds. The molecule has 2 aromatic carbocycles. The highest BCUT2D eigenvalue weighted by molar-refractivity contribution is 6.31. The summed E-state index contributed by atoms with van der Waals surface area (Å²) in [6.07, 6.45) is 0.397. The molecule has 1 fully saturated rings. The van der Waals surface area contributed by atoms with Crippen molar-refractivity contribution in [1.29, 1.82) is 0 Å². The molecule has 0 spiro atoms. The molecule has 2 aliphatic heterocycles. The highest BCUT2D eigenvalue weighted by Crippen LogP contribution is 2.39. The van der Waals surface area contributed by atoms with Gasteiger partial charge in [0.1, 0.15) is 17.3 Å². The highest BCUT2D eigenvalue weighted by atomic mass is 35.5. The number of carbonyl (C=O) groups excluding carboxylic acids is 1. The fourth-order valence-corrected chi connectivity index (χ4v) is 3.85. The predicted molar refractivity (Wildman–Crippen MR) is 117 cm³/mol. The quantitative estimate of drug-likeness (QED) is 0.716. The fourth-order valence-electron chi connectivity index (χ4n) is 3.68. The summed E-state index contributed by atoms with van der Waals surface area (Å²) in [5.74, 6) is 2.27. The van der Waals surface area contributed by atoms with Crippen molar-refractivity contribution in [2.24, 2.45) is 4.99 Å². The molecule has 1 saturated heterocycles. The Morgan fingerprint density at radius 2 is 2.20 bits per heavy atom. The second kappa shape index (κ2) is 9.47. The zero-order chi connectivity index (χ0) is 20.9. The Bertz CT molecular complexity index is 950. The van der Waals surface area contributed by atoms with E-state index in [1.54, 1.807) is 13.2 Å². The number of hydrogen-bond acceptors (Lipinski definition) is 6. The van der Waals surface area contributed by atoms with Gasteiger partial charge in [0, 0.05) is 50.8 Å². The molecule has 1 atom stereocenters. The number of piperazine rings is 1. The number of benzene rings is 2. The molecule has 0 saturated carbocycles. The van der Waals surface area contributed by atoms with Crippen LogP contribution in [-0.2, 0) is 9.53 Å². The lowest BCUT2D eigenvalue weighted by Gasteiger charge is -2.35. The molecular weight excluding hydrogens is 404 g/mol. The number of amidine groups is 1. The first-order valence-corrected chi connectivity index (χ1v) is 10.4. The SMILES string of the molecule is COCCNC(=O)CC1CN(C2=Nc3cc(Cl)ccc3Oc3ccccc32)CCN1. The average molecular weight is 429 g/mol. The molecule has 8 heteroatoms. The number of nitrogens with one attached hydrogen (secondary N) is 2. The zero-order valence-electron chi connectivity index (χ0n) is 16.9. The van der Waals surface area contributed by atoms with Gasteiger partial charge in [0.05, 0.1) is 12.2 Å². The van der Waals surface area contributed by atoms with Crippen molar-refractivity contribution in [2.75, 3.05) is 39.9 Å². The van der Waals surface area contributed by atoms with Crippen LogP contribution in [0.1, 0.15) is 12.0 Å². The van der Waals surface area contributed by atoms with Crippen molar-refractivity contribution >= 4 is 29.0 Å². The van der Waals surface area contributed by atoms with E-state index >= 15 is 0 Å². The number of para-hydroxylation sites is 1. The summed E-state index contributed by atoms with van der Waals surface area (Å²) in [7, 11) is 1.62. The van der Waals surface area contributed by atoms with Crippen molar-refractivity contribution in [3.8, 4) is 11.5 Å². The van der Waals surface area contributed by atoms with Gasteiger partial charge in [-0.05, 0) is 30.3 Å². The van der Waals surface area contributed by atoms with Crippen molar-refractivity contribution < 1.29 is 14.3 Å². The van der Waals surface area contributed by atoms with Gasteiger partial charge < -0.3 is 25.0 Å². The van der Waals surface area contributed by atoms with Gasteiger partial charge >= 0.3 is 0 Å². The van der Waals surface area contributed by atoms with Gasteiger partial charge in [0.25, 0.3) is 0 Å². The van der Waals surface area contributed by atoms with E-state index in [4.69, 9.17) is 26.1 Å². The van der Waals surface area contributed by atoms with Gasteiger partial charge in [-0.25, -0.2) is 4.99 Å². The monoisotopic (exact) mass is 428 g/mol. The molecule has 4 rings (SSSR count). The second-order valence-corrected chi connectivity index (χ2v) is 7.73. The third-order valence-corrected chi connectivity index (χ3v) is 5.35. The minimum atomic E-state index is 0.00932. The number of hydrogen-bond donors (Lipinski definition) is 2. The number of fused-ring (bicyclic) bond motifs is 2. The maximum Gasteiger partial charge on any atom is 0.221 e. The number of nitrogens with zero attached hydrogens (tertiary/aromatic N) is 2. The van der Waals surface area contributed by atoms with Crippen LogP contribution in [0, 0.1) is 0 Å². The smallest absolute Gasteiger partial charge is 0.221 e. The molecule has 0 aliphatic carbocycles. The number of halogens is 1. The summed E-state index contributed by atoms with van der Waals surface area (Å²) in [5.41, 5.74) is 1.62. The van der Waals surface area contributed by atoms with Gasteiger partial charge in [0.15, 0.2) is 5.75 Å². The van der Waals surface area contributed by atoms with Crippen molar-refractivity contribution in [3.63, 3.8) is 0 Å². The normalized spacial score (nSPS) is 17.9. The van der Waals surface area contributed by atoms with Gasteiger partial charge in [-0.3, -0.25) is 4.79 Å². The fraction of sp³-hybridized carbons (Fsp3) is 0.364. The molecule has 0 aromatic heterocycles. The zero-order valence-corrected chi connectivity index (χ0v) is 17.6. The van der Waals surface area contributed by atoms with E-state index in [-0.39, 0.29) is 11.9 Å². The van der Waals surface area contributed by atoms with E-state index in [1.807, 2.05) is 36.4 Å². The van der Waals surface area contributed by atoms with Gasteiger partial charge in [-0.15, -0.1) is 0 Å². The maximum absolute atomic E-state index is 12.2. The van der Waals surface area contributed by atoms with E-state index in [0.717, 1.165) is 30.2 Å². The first kappa shape index (κ1) is 20.7. The average Bonchev–Trinajstić information content (AvgIpc) is 2.90. The van der Waals surface area contributed by atoms with Crippen LogP contribution in [0.3, 0.4) is 0 Å². The summed E-state index contributed by atoms with van der Waals surface area (Å²) in [4.78, 5) is 19.4. The molecule has 158 valence electrons. The van der Waals surface area contributed by atoms with Crippen LogP contribution in [-0.4, -0.2) is 62.6 Å². The minimum Gasteiger partial charge on any atom is -0.454 e. The number of carbonyl (C=O) groups is 1. The molecule has 2 N–H and O–H groups in total. The van der Waals surface area contributed by atoms with E-state index < -0.39 is 0 Å². The lowest BCUT2D eigenvalue weighted by molar-refractivity contribution is -0.121.